The highest BCUT2D eigenvalue weighted by Crippen LogP contribution is 2.19. The Balaban J connectivity index is 2.63. The molecule has 88 valence electrons. The lowest BCUT2D eigenvalue weighted by Crippen LogP contribution is -2.34. The Morgan fingerprint density at radius 1 is 1.50 bits per heavy atom. The monoisotopic (exact) mass is 223 g/mol. The molecule has 0 bridgehead atoms. The lowest BCUT2D eigenvalue weighted by atomic mass is 10.0. The van der Waals surface area contributed by atoms with Crippen molar-refractivity contribution in [3.63, 3.8) is 0 Å². The fourth-order valence-electron chi connectivity index (χ4n) is 1.60. The average molecular weight is 223 g/mol. The van der Waals surface area contributed by atoms with Gasteiger partial charge in [-0.05, 0) is 31.5 Å². The third-order valence-corrected chi connectivity index (χ3v) is 2.54. The first-order chi connectivity index (χ1) is 7.69. The molecule has 1 atom stereocenters. The van der Waals surface area contributed by atoms with E-state index in [9.17, 15) is 4.79 Å². The molecule has 0 unspecified atom stereocenters. The number of nitrogens with one attached hydrogen (secondary N) is 1. The molecule has 16 heavy (non-hydrogen) atoms. The fourth-order valence-corrected chi connectivity index (χ4v) is 1.60. The van der Waals surface area contributed by atoms with Gasteiger partial charge in [0.2, 0.25) is 0 Å². The van der Waals surface area contributed by atoms with E-state index in [1.165, 1.54) is 0 Å². The van der Waals surface area contributed by atoms with E-state index in [-0.39, 0.29) is 0 Å². The molecule has 2 N–H and O–H groups in total. The van der Waals surface area contributed by atoms with Gasteiger partial charge in [0.1, 0.15) is 11.8 Å². The quantitative estimate of drug-likeness (QED) is 0.763. The van der Waals surface area contributed by atoms with Crippen molar-refractivity contribution in [2.24, 2.45) is 0 Å². The Labute approximate surface area is 95.2 Å². The summed E-state index contributed by atoms with van der Waals surface area (Å²) in [4.78, 5) is 10.8. The van der Waals surface area contributed by atoms with Crippen LogP contribution in [0.5, 0.6) is 5.75 Å². The second kappa shape index (κ2) is 6.12. The van der Waals surface area contributed by atoms with Crippen LogP contribution in [0.3, 0.4) is 0 Å². The van der Waals surface area contributed by atoms with Crippen molar-refractivity contribution in [1.82, 2.24) is 5.32 Å². The zero-order valence-corrected chi connectivity index (χ0v) is 9.56. The van der Waals surface area contributed by atoms with Gasteiger partial charge < -0.3 is 15.2 Å². The molecule has 0 aliphatic carbocycles. The smallest absolute Gasteiger partial charge is 0.320 e. The molecule has 0 aromatic heterocycles. The fraction of sp³-hybridized carbons (Fsp3) is 0.417. The maximum Gasteiger partial charge on any atom is 0.320 e. The minimum absolute atomic E-state index is 0.509. The number of carboxylic acids is 1. The van der Waals surface area contributed by atoms with Gasteiger partial charge in [-0.15, -0.1) is 0 Å². The van der Waals surface area contributed by atoms with Crippen LogP contribution in [0.15, 0.2) is 24.3 Å². The summed E-state index contributed by atoms with van der Waals surface area (Å²) in [5.74, 6) is -0.0138. The van der Waals surface area contributed by atoms with Gasteiger partial charge >= 0.3 is 5.97 Å². The van der Waals surface area contributed by atoms with Crippen LogP contribution in [0, 0.1) is 0 Å². The molecule has 0 spiro atoms. The van der Waals surface area contributed by atoms with Crippen LogP contribution < -0.4 is 10.1 Å². The zero-order chi connectivity index (χ0) is 12.0. The SMILES string of the molecule is CN[C@@H](CCc1ccccc1OC)C(=O)O. The van der Waals surface area contributed by atoms with Gasteiger partial charge in [0.25, 0.3) is 0 Å². The number of carboxylic acid groups (broad SMARTS) is 1. The molecule has 1 aromatic carbocycles. The van der Waals surface area contributed by atoms with E-state index >= 15 is 0 Å². The van der Waals surface area contributed by atoms with E-state index < -0.39 is 12.0 Å². The van der Waals surface area contributed by atoms with Crippen molar-refractivity contribution in [2.45, 2.75) is 18.9 Å². The van der Waals surface area contributed by atoms with E-state index in [2.05, 4.69) is 5.32 Å². The first-order valence-corrected chi connectivity index (χ1v) is 5.21. The molecule has 4 nitrogen and oxygen atoms in total. The molecular weight excluding hydrogens is 206 g/mol. The standard InChI is InChI=1S/C12H17NO3/c1-13-10(12(14)15)8-7-9-5-3-4-6-11(9)16-2/h3-6,10,13H,7-8H2,1-2H3,(H,14,15)/t10-/m0/s1. The minimum Gasteiger partial charge on any atom is -0.496 e. The number of aliphatic carboxylic acids is 1. The van der Waals surface area contributed by atoms with Gasteiger partial charge in [-0.2, -0.15) is 0 Å². The van der Waals surface area contributed by atoms with Crippen LogP contribution in [0.1, 0.15) is 12.0 Å². The van der Waals surface area contributed by atoms with Crippen LogP contribution in [0.25, 0.3) is 0 Å². The Morgan fingerprint density at radius 2 is 2.19 bits per heavy atom. The maximum atomic E-state index is 10.8. The molecule has 0 amide bonds. The summed E-state index contributed by atoms with van der Waals surface area (Å²) in [7, 11) is 3.27. The first kappa shape index (κ1) is 12.5. The molecule has 0 aliphatic heterocycles. The van der Waals surface area contributed by atoms with E-state index in [1.54, 1.807) is 14.2 Å². The van der Waals surface area contributed by atoms with E-state index in [0.29, 0.717) is 12.8 Å². The van der Waals surface area contributed by atoms with Gasteiger partial charge in [-0.25, -0.2) is 0 Å². The maximum absolute atomic E-state index is 10.8. The molecule has 0 aliphatic rings. The van der Waals surface area contributed by atoms with Gasteiger partial charge in [-0.1, -0.05) is 18.2 Å². The highest BCUT2D eigenvalue weighted by Gasteiger charge is 2.15. The topological polar surface area (TPSA) is 58.6 Å². The number of benzene rings is 1. The summed E-state index contributed by atoms with van der Waals surface area (Å²) in [5, 5.41) is 11.7. The van der Waals surface area contributed by atoms with E-state index in [0.717, 1.165) is 11.3 Å². The van der Waals surface area contributed by atoms with Crippen LogP contribution in [-0.2, 0) is 11.2 Å². The van der Waals surface area contributed by atoms with Crippen LogP contribution in [0.4, 0.5) is 0 Å². The Hall–Kier alpha value is -1.55. The molecule has 1 rings (SSSR count). The number of rotatable bonds is 6. The van der Waals surface area contributed by atoms with E-state index in [1.807, 2.05) is 24.3 Å². The summed E-state index contributed by atoms with van der Waals surface area (Å²) < 4.78 is 5.20. The summed E-state index contributed by atoms with van der Waals surface area (Å²) in [6, 6.07) is 7.14. The lowest BCUT2D eigenvalue weighted by Gasteiger charge is -2.12. The Morgan fingerprint density at radius 3 is 2.75 bits per heavy atom. The second-order valence-electron chi connectivity index (χ2n) is 3.53. The molecule has 0 saturated heterocycles. The van der Waals surface area contributed by atoms with Gasteiger partial charge in [0, 0.05) is 0 Å². The molecule has 4 heteroatoms. The minimum atomic E-state index is -0.822. The van der Waals surface area contributed by atoms with Crippen LogP contribution in [0.2, 0.25) is 0 Å². The number of methoxy groups -OCH3 is 1. The number of hydrogen-bond acceptors (Lipinski definition) is 3. The van der Waals surface area contributed by atoms with Crippen molar-refractivity contribution >= 4 is 5.97 Å². The number of likely N-dealkylation sites (N-methyl/N-ethyl adjacent to an activating group) is 1. The van der Waals surface area contributed by atoms with Crippen molar-refractivity contribution < 1.29 is 14.6 Å². The highest BCUT2D eigenvalue weighted by atomic mass is 16.5. The summed E-state index contributed by atoms with van der Waals surface area (Å²) in [6.45, 7) is 0. The van der Waals surface area contributed by atoms with Crippen LogP contribution in [-0.4, -0.2) is 31.3 Å². The first-order valence-electron chi connectivity index (χ1n) is 5.21. The number of para-hydroxylation sites is 1. The zero-order valence-electron chi connectivity index (χ0n) is 9.56. The molecule has 0 radical (unpaired) electrons. The highest BCUT2D eigenvalue weighted by molar-refractivity contribution is 5.73. The molecular formula is C12H17NO3. The number of ether oxygens (including phenoxy) is 1. The van der Waals surface area contributed by atoms with Crippen molar-refractivity contribution in [3.8, 4) is 5.75 Å². The largest absolute Gasteiger partial charge is 0.496 e. The third kappa shape index (κ3) is 3.24. The Bertz CT molecular complexity index is 352. The van der Waals surface area contributed by atoms with Gasteiger partial charge in [0.05, 0.1) is 7.11 Å². The predicted octanol–water partition coefficient (Wildman–Crippen LogP) is 1.30. The average Bonchev–Trinajstić information content (AvgIpc) is 2.30. The van der Waals surface area contributed by atoms with Gasteiger partial charge in [0.15, 0.2) is 0 Å². The summed E-state index contributed by atoms with van der Waals surface area (Å²) in [6.07, 6.45) is 1.23. The van der Waals surface area contributed by atoms with Crippen LogP contribution >= 0.6 is 0 Å². The lowest BCUT2D eigenvalue weighted by molar-refractivity contribution is -0.139. The van der Waals surface area contributed by atoms with Gasteiger partial charge in [-0.3, -0.25) is 4.79 Å². The molecule has 0 heterocycles. The number of hydrogen-bond donors (Lipinski definition) is 2. The van der Waals surface area contributed by atoms with E-state index in [4.69, 9.17) is 9.84 Å². The second-order valence-corrected chi connectivity index (χ2v) is 3.53. The molecule has 1 aromatic rings. The van der Waals surface area contributed by atoms with Crippen molar-refractivity contribution in [2.75, 3.05) is 14.2 Å². The van der Waals surface area contributed by atoms with Crippen molar-refractivity contribution in [3.05, 3.63) is 29.8 Å². The predicted molar refractivity (Wildman–Crippen MR) is 61.8 cm³/mol. The number of aryl methyl sites for hydroxylation is 1. The summed E-state index contributed by atoms with van der Waals surface area (Å²) in [5.41, 5.74) is 1.03. The van der Waals surface area contributed by atoms with Crippen molar-refractivity contribution in [1.29, 1.82) is 0 Å². The number of carbonyl (C=O) groups is 1. The molecule has 0 fully saturated rings. The molecule has 0 saturated carbocycles. The third-order valence-electron chi connectivity index (χ3n) is 2.54. The summed E-state index contributed by atoms with van der Waals surface area (Å²) >= 11 is 0. The normalized spacial score (nSPS) is 12.1. The Kier molecular flexibility index (Phi) is 4.79.